The molecule has 1 aliphatic heterocycles. The van der Waals surface area contributed by atoms with Crippen molar-refractivity contribution < 1.29 is 9.53 Å². The number of anilines is 1. The standard InChI is InChI=1S/C13H19N3O2S/c1-11(12(17)18-2)3-5-15-6-8-16(9-7-15)13-14-4-10-19-13/h3-4,10H,5-9H2,1-2H3. The van der Waals surface area contributed by atoms with Gasteiger partial charge in [-0.1, -0.05) is 6.08 Å². The zero-order valence-electron chi connectivity index (χ0n) is 11.3. The van der Waals surface area contributed by atoms with Crippen LogP contribution in [0.1, 0.15) is 6.92 Å². The predicted molar refractivity (Wildman–Crippen MR) is 76.5 cm³/mol. The van der Waals surface area contributed by atoms with E-state index in [1.807, 2.05) is 17.7 Å². The van der Waals surface area contributed by atoms with E-state index >= 15 is 0 Å². The first-order valence-electron chi connectivity index (χ1n) is 6.32. The fraction of sp³-hybridized carbons (Fsp3) is 0.538. The fourth-order valence-electron chi connectivity index (χ4n) is 2.00. The molecule has 0 saturated carbocycles. The Morgan fingerprint density at radius 2 is 2.21 bits per heavy atom. The van der Waals surface area contributed by atoms with Gasteiger partial charge in [0.2, 0.25) is 0 Å². The lowest BCUT2D eigenvalue weighted by Gasteiger charge is -2.33. The van der Waals surface area contributed by atoms with Crippen LogP contribution in [0.4, 0.5) is 5.13 Å². The number of piperazine rings is 1. The van der Waals surface area contributed by atoms with Gasteiger partial charge in [-0.2, -0.15) is 0 Å². The second kappa shape index (κ2) is 6.68. The topological polar surface area (TPSA) is 45.7 Å². The Morgan fingerprint density at radius 3 is 2.79 bits per heavy atom. The summed E-state index contributed by atoms with van der Waals surface area (Å²) in [7, 11) is 1.41. The number of thiazole rings is 1. The third-order valence-electron chi connectivity index (χ3n) is 3.23. The van der Waals surface area contributed by atoms with Gasteiger partial charge in [-0.3, -0.25) is 4.90 Å². The molecule has 0 spiro atoms. The Bertz CT molecular complexity index is 437. The third-order valence-corrected chi connectivity index (χ3v) is 4.06. The van der Waals surface area contributed by atoms with E-state index in [2.05, 4.69) is 19.5 Å². The van der Waals surface area contributed by atoms with Gasteiger partial charge >= 0.3 is 5.97 Å². The summed E-state index contributed by atoms with van der Waals surface area (Å²) in [5, 5.41) is 3.10. The lowest BCUT2D eigenvalue weighted by atomic mass is 10.2. The van der Waals surface area contributed by atoms with Crippen LogP contribution in [0.15, 0.2) is 23.2 Å². The van der Waals surface area contributed by atoms with Gasteiger partial charge in [-0.15, -0.1) is 11.3 Å². The summed E-state index contributed by atoms with van der Waals surface area (Å²) < 4.78 is 4.68. The van der Waals surface area contributed by atoms with E-state index in [1.165, 1.54) is 7.11 Å². The number of carbonyl (C=O) groups excluding carboxylic acids is 1. The monoisotopic (exact) mass is 281 g/mol. The molecule has 0 aromatic carbocycles. The van der Waals surface area contributed by atoms with Gasteiger partial charge in [0, 0.05) is 49.9 Å². The number of rotatable bonds is 4. The Hall–Kier alpha value is -1.40. The molecule has 2 heterocycles. The number of nitrogens with zero attached hydrogens (tertiary/aromatic N) is 3. The Labute approximate surface area is 117 Å². The maximum Gasteiger partial charge on any atom is 0.333 e. The molecule has 6 heteroatoms. The molecule has 0 aliphatic carbocycles. The van der Waals surface area contributed by atoms with Crippen LogP contribution >= 0.6 is 11.3 Å². The molecular formula is C13H19N3O2S. The van der Waals surface area contributed by atoms with Crippen LogP contribution in [0.3, 0.4) is 0 Å². The molecule has 0 radical (unpaired) electrons. The second-order valence-corrected chi connectivity index (χ2v) is 5.35. The number of hydrogen-bond donors (Lipinski definition) is 0. The SMILES string of the molecule is COC(=O)C(C)=CCN1CCN(c2nccs2)CC1. The van der Waals surface area contributed by atoms with E-state index in [9.17, 15) is 4.79 Å². The number of ether oxygens (including phenoxy) is 1. The number of methoxy groups -OCH3 is 1. The largest absolute Gasteiger partial charge is 0.466 e. The van der Waals surface area contributed by atoms with Gasteiger partial charge in [-0.25, -0.2) is 9.78 Å². The third kappa shape index (κ3) is 3.78. The Morgan fingerprint density at radius 1 is 1.47 bits per heavy atom. The molecule has 0 bridgehead atoms. The van der Waals surface area contributed by atoms with E-state index in [0.29, 0.717) is 5.57 Å². The second-order valence-electron chi connectivity index (χ2n) is 4.48. The minimum absolute atomic E-state index is 0.249. The van der Waals surface area contributed by atoms with Gasteiger partial charge in [0.05, 0.1) is 7.11 Å². The average molecular weight is 281 g/mol. The van der Waals surface area contributed by atoms with E-state index in [4.69, 9.17) is 0 Å². The summed E-state index contributed by atoms with van der Waals surface area (Å²) >= 11 is 1.68. The molecule has 1 aliphatic rings. The lowest BCUT2D eigenvalue weighted by Crippen LogP contribution is -2.46. The zero-order valence-corrected chi connectivity index (χ0v) is 12.2. The quantitative estimate of drug-likeness (QED) is 0.616. The summed E-state index contributed by atoms with van der Waals surface area (Å²) in [6.07, 6.45) is 3.78. The number of carbonyl (C=O) groups is 1. The average Bonchev–Trinajstić information content (AvgIpc) is 2.98. The van der Waals surface area contributed by atoms with Crippen LogP contribution in [0.5, 0.6) is 0 Å². The minimum Gasteiger partial charge on any atom is -0.466 e. The van der Waals surface area contributed by atoms with Crippen LogP contribution in [-0.4, -0.2) is 55.7 Å². The van der Waals surface area contributed by atoms with Crippen LogP contribution in [0.2, 0.25) is 0 Å². The summed E-state index contributed by atoms with van der Waals surface area (Å²) in [5.41, 5.74) is 0.671. The molecule has 0 unspecified atom stereocenters. The van der Waals surface area contributed by atoms with Crippen molar-refractivity contribution in [3.05, 3.63) is 23.2 Å². The highest BCUT2D eigenvalue weighted by Gasteiger charge is 2.17. The van der Waals surface area contributed by atoms with Gasteiger partial charge in [-0.05, 0) is 6.92 Å². The maximum absolute atomic E-state index is 11.3. The van der Waals surface area contributed by atoms with Crippen molar-refractivity contribution >= 4 is 22.4 Å². The van der Waals surface area contributed by atoms with E-state index in [0.717, 1.165) is 37.9 Å². The highest BCUT2D eigenvalue weighted by atomic mass is 32.1. The molecule has 5 nitrogen and oxygen atoms in total. The Balaban J connectivity index is 1.79. The van der Waals surface area contributed by atoms with Crippen molar-refractivity contribution in [3.63, 3.8) is 0 Å². The van der Waals surface area contributed by atoms with Crippen LogP contribution in [-0.2, 0) is 9.53 Å². The van der Waals surface area contributed by atoms with Crippen molar-refractivity contribution in [1.82, 2.24) is 9.88 Å². The molecule has 104 valence electrons. The summed E-state index contributed by atoms with van der Waals surface area (Å²) in [5.74, 6) is -0.249. The van der Waals surface area contributed by atoms with Gasteiger partial charge < -0.3 is 9.64 Å². The highest BCUT2D eigenvalue weighted by molar-refractivity contribution is 7.13. The van der Waals surface area contributed by atoms with Crippen molar-refractivity contribution in [3.8, 4) is 0 Å². The van der Waals surface area contributed by atoms with Gasteiger partial charge in [0.1, 0.15) is 0 Å². The summed E-state index contributed by atoms with van der Waals surface area (Å²) in [6.45, 7) is 6.54. The van der Waals surface area contributed by atoms with Crippen LogP contribution in [0.25, 0.3) is 0 Å². The smallest absolute Gasteiger partial charge is 0.333 e. The molecule has 19 heavy (non-hydrogen) atoms. The maximum atomic E-state index is 11.3. The minimum atomic E-state index is -0.249. The molecule has 1 aromatic rings. The summed E-state index contributed by atoms with van der Waals surface area (Å²) in [6, 6.07) is 0. The summed E-state index contributed by atoms with van der Waals surface area (Å²) in [4.78, 5) is 20.2. The number of hydrogen-bond acceptors (Lipinski definition) is 6. The molecule has 2 rings (SSSR count). The lowest BCUT2D eigenvalue weighted by molar-refractivity contribution is -0.136. The number of esters is 1. The number of aromatic nitrogens is 1. The molecule has 1 saturated heterocycles. The van der Waals surface area contributed by atoms with Crippen molar-refractivity contribution in [1.29, 1.82) is 0 Å². The van der Waals surface area contributed by atoms with Crippen molar-refractivity contribution in [2.45, 2.75) is 6.92 Å². The molecule has 0 N–H and O–H groups in total. The first kappa shape index (κ1) is 14.0. The molecule has 1 aromatic heterocycles. The van der Waals surface area contributed by atoms with E-state index in [-0.39, 0.29) is 5.97 Å². The molecule has 0 atom stereocenters. The van der Waals surface area contributed by atoms with Crippen LogP contribution < -0.4 is 4.90 Å². The van der Waals surface area contributed by atoms with Crippen molar-refractivity contribution in [2.24, 2.45) is 0 Å². The van der Waals surface area contributed by atoms with E-state index < -0.39 is 0 Å². The van der Waals surface area contributed by atoms with Gasteiger partial charge in [0.25, 0.3) is 0 Å². The Kier molecular flexibility index (Phi) is 4.93. The molecule has 0 amide bonds. The van der Waals surface area contributed by atoms with Crippen molar-refractivity contribution in [2.75, 3.05) is 44.7 Å². The predicted octanol–water partition coefficient (Wildman–Crippen LogP) is 1.38. The molecule has 1 fully saturated rings. The highest BCUT2D eigenvalue weighted by Crippen LogP contribution is 2.18. The molecular weight excluding hydrogens is 262 g/mol. The zero-order chi connectivity index (χ0) is 13.7. The first-order chi connectivity index (χ1) is 9.20. The van der Waals surface area contributed by atoms with E-state index in [1.54, 1.807) is 18.3 Å². The normalized spacial score (nSPS) is 17.6. The van der Waals surface area contributed by atoms with Gasteiger partial charge in [0.15, 0.2) is 5.13 Å². The first-order valence-corrected chi connectivity index (χ1v) is 7.20. The van der Waals surface area contributed by atoms with Crippen LogP contribution in [0, 0.1) is 0 Å². The fourth-order valence-corrected chi connectivity index (χ4v) is 2.70.